The highest BCUT2D eigenvalue weighted by Crippen LogP contribution is 2.51. The van der Waals surface area contributed by atoms with Gasteiger partial charge in [-0.25, -0.2) is 4.98 Å². The van der Waals surface area contributed by atoms with Gasteiger partial charge in [0.05, 0.1) is 5.41 Å². The minimum Gasteiger partial charge on any atom is -0.310 e. The summed E-state index contributed by atoms with van der Waals surface area (Å²) in [4.78, 5) is 37.5. The molecule has 5 rings (SSSR count). The summed E-state index contributed by atoms with van der Waals surface area (Å²) in [5.41, 5.74) is 2.23. The van der Waals surface area contributed by atoms with E-state index in [1.807, 2.05) is 17.9 Å². The van der Waals surface area contributed by atoms with Gasteiger partial charge >= 0.3 is 0 Å². The first-order valence-corrected chi connectivity index (χ1v) is 14.2. The topological polar surface area (TPSA) is 74.7 Å². The summed E-state index contributed by atoms with van der Waals surface area (Å²) >= 11 is 0. The van der Waals surface area contributed by atoms with Crippen LogP contribution in [-0.4, -0.2) is 39.6 Å². The fourth-order valence-electron chi connectivity index (χ4n) is 7.00. The van der Waals surface area contributed by atoms with E-state index in [0.717, 1.165) is 68.5 Å². The number of aliphatic imine (C=N–C) groups is 1. The number of amides is 2. The van der Waals surface area contributed by atoms with Crippen LogP contribution in [0, 0.1) is 11.8 Å². The molecular weight excluding hydrogens is 460 g/mol. The molecule has 3 atom stereocenters. The van der Waals surface area contributed by atoms with Gasteiger partial charge in [-0.2, -0.15) is 0 Å². The normalized spacial score (nSPS) is 27.9. The molecule has 6 heteroatoms. The number of carbonyl (C=O) groups is 2. The Bertz CT molecular complexity index is 1170. The Morgan fingerprint density at radius 1 is 1.14 bits per heavy atom. The maximum atomic E-state index is 13.1. The first-order valence-electron chi connectivity index (χ1n) is 14.2. The minimum absolute atomic E-state index is 0.103. The van der Waals surface area contributed by atoms with E-state index >= 15 is 0 Å². The Labute approximate surface area is 221 Å². The molecule has 37 heavy (non-hydrogen) atoms. The van der Waals surface area contributed by atoms with E-state index in [2.05, 4.69) is 60.6 Å². The highest BCUT2D eigenvalue weighted by Gasteiger charge is 2.51. The number of anilines is 1. The Balaban J connectivity index is 1.26. The van der Waals surface area contributed by atoms with Crippen LogP contribution >= 0.6 is 0 Å². The Hall–Kier alpha value is -3.02. The summed E-state index contributed by atoms with van der Waals surface area (Å²) in [5.74, 6) is 1.78. The molecule has 0 aromatic carbocycles. The average Bonchev–Trinajstić information content (AvgIpc) is 3.32. The fourth-order valence-corrected chi connectivity index (χ4v) is 7.00. The third-order valence-electron chi connectivity index (χ3n) is 8.80. The minimum atomic E-state index is -0.456. The fraction of sp³-hybridized carbons (Fsp3) is 0.548. The maximum Gasteiger partial charge on any atom is 0.270 e. The first kappa shape index (κ1) is 25.6. The van der Waals surface area contributed by atoms with Crippen molar-refractivity contribution in [2.45, 2.75) is 89.6 Å². The molecule has 2 unspecified atom stereocenters. The Morgan fingerprint density at radius 2 is 1.95 bits per heavy atom. The number of hydrogen-bond donors (Lipinski definition) is 1. The predicted molar refractivity (Wildman–Crippen MR) is 148 cm³/mol. The second-order valence-electron chi connectivity index (χ2n) is 11.1. The monoisotopic (exact) mass is 500 g/mol. The van der Waals surface area contributed by atoms with Crippen molar-refractivity contribution in [1.82, 2.24) is 9.88 Å². The highest BCUT2D eigenvalue weighted by molar-refractivity contribution is 6.40. The van der Waals surface area contributed by atoms with Crippen LogP contribution in [0.4, 0.5) is 5.82 Å². The zero-order valence-corrected chi connectivity index (χ0v) is 22.5. The van der Waals surface area contributed by atoms with Gasteiger partial charge in [-0.3, -0.25) is 14.6 Å². The van der Waals surface area contributed by atoms with Crippen molar-refractivity contribution in [2.75, 3.05) is 11.9 Å². The SMILES string of the molecule is CCCC1(CCC)N=C(CC)C(=O)N1C/C=C/CC1=CC2C[C@@]3(CCC2C=C1)C(=O)Nc1ncccc13. The third-order valence-corrected chi connectivity index (χ3v) is 8.80. The summed E-state index contributed by atoms with van der Waals surface area (Å²) in [7, 11) is 0. The molecule has 4 aliphatic rings. The number of allylic oxidation sites excluding steroid dienone is 5. The van der Waals surface area contributed by atoms with Gasteiger partial charge in [-0.05, 0) is 68.4 Å². The van der Waals surface area contributed by atoms with Crippen LogP contribution in [0.2, 0.25) is 0 Å². The third kappa shape index (κ3) is 4.49. The van der Waals surface area contributed by atoms with E-state index in [9.17, 15) is 9.59 Å². The van der Waals surface area contributed by atoms with E-state index in [4.69, 9.17) is 4.99 Å². The van der Waals surface area contributed by atoms with E-state index < -0.39 is 5.41 Å². The lowest BCUT2D eigenvalue weighted by Gasteiger charge is -2.40. The molecule has 1 N–H and O–H groups in total. The lowest BCUT2D eigenvalue weighted by molar-refractivity contribution is -0.127. The zero-order valence-electron chi connectivity index (χ0n) is 22.5. The Morgan fingerprint density at radius 3 is 2.70 bits per heavy atom. The molecule has 6 nitrogen and oxygen atoms in total. The lowest BCUT2D eigenvalue weighted by atomic mass is 9.61. The smallest absolute Gasteiger partial charge is 0.270 e. The molecule has 3 heterocycles. The van der Waals surface area contributed by atoms with Crippen molar-refractivity contribution in [3.8, 4) is 0 Å². The van der Waals surface area contributed by atoms with E-state index in [1.54, 1.807) is 6.20 Å². The largest absolute Gasteiger partial charge is 0.310 e. The van der Waals surface area contributed by atoms with E-state index in [1.165, 1.54) is 5.57 Å². The molecule has 1 aromatic heterocycles. The summed E-state index contributed by atoms with van der Waals surface area (Å²) < 4.78 is 0. The molecule has 0 bridgehead atoms. The van der Waals surface area contributed by atoms with Crippen LogP contribution in [0.15, 0.2) is 59.3 Å². The second-order valence-corrected chi connectivity index (χ2v) is 11.1. The van der Waals surface area contributed by atoms with Crippen molar-refractivity contribution < 1.29 is 9.59 Å². The molecule has 2 aliphatic heterocycles. The van der Waals surface area contributed by atoms with Gasteiger partial charge < -0.3 is 10.2 Å². The summed E-state index contributed by atoms with van der Waals surface area (Å²) in [6.07, 6.45) is 21.1. The molecule has 2 aliphatic carbocycles. The van der Waals surface area contributed by atoms with Crippen LogP contribution in [0.5, 0.6) is 0 Å². The van der Waals surface area contributed by atoms with Gasteiger partial charge in [-0.1, -0.05) is 70.1 Å². The van der Waals surface area contributed by atoms with Crippen LogP contribution in [0.1, 0.15) is 84.1 Å². The highest BCUT2D eigenvalue weighted by atomic mass is 16.2. The van der Waals surface area contributed by atoms with Crippen LogP contribution in [0.25, 0.3) is 0 Å². The zero-order chi connectivity index (χ0) is 26.0. The number of nitrogens with zero attached hydrogens (tertiary/aromatic N) is 3. The van der Waals surface area contributed by atoms with Gasteiger partial charge in [0.15, 0.2) is 0 Å². The molecule has 1 spiro atoms. The molecule has 196 valence electrons. The number of hydrogen-bond acceptors (Lipinski definition) is 4. The van der Waals surface area contributed by atoms with Gasteiger partial charge in [0.25, 0.3) is 5.91 Å². The van der Waals surface area contributed by atoms with E-state index in [-0.39, 0.29) is 17.5 Å². The van der Waals surface area contributed by atoms with Gasteiger partial charge in [-0.15, -0.1) is 0 Å². The Kier molecular flexibility index (Phi) is 7.19. The average molecular weight is 501 g/mol. The molecular formula is C31H40N4O2. The van der Waals surface area contributed by atoms with Crippen molar-refractivity contribution in [1.29, 1.82) is 0 Å². The number of fused-ring (bicyclic) bond motifs is 3. The van der Waals surface area contributed by atoms with Crippen molar-refractivity contribution >= 4 is 23.3 Å². The standard InChI is InChI=1S/C31H40N4O2/c1-4-15-31(16-5-2)34-26(6-3)28(36)35(31)19-8-7-10-22-12-13-23-14-17-30(21-24(23)20-22)25-11-9-18-32-27(25)33-29(30)37/h7-9,11-13,18,20,23-24H,4-6,10,14-17,19,21H2,1-3H3,(H,32,33,37)/b8-7+/t23?,24?,30-/m1/s1. The number of aromatic nitrogens is 1. The predicted octanol–water partition coefficient (Wildman–Crippen LogP) is 6.12. The maximum absolute atomic E-state index is 13.1. The molecule has 2 amide bonds. The van der Waals surface area contributed by atoms with Crippen LogP contribution < -0.4 is 5.32 Å². The van der Waals surface area contributed by atoms with Crippen LogP contribution in [0.3, 0.4) is 0 Å². The number of pyridine rings is 1. The van der Waals surface area contributed by atoms with Crippen molar-refractivity contribution in [3.05, 3.63) is 59.8 Å². The number of rotatable bonds is 9. The van der Waals surface area contributed by atoms with Crippen molar-refractivity contribution in [2.24, 2.45) is 16.8 Å². The number of nitrogens with one attached hydrogen (secondary N) is 1. The summed E-state index contributed by atoms with van der Waals surface area (Å²) in [6, 6.07) is 4.01. The quantitative estimate of drug-likeness (QED) is 0.415. The van der Waals surface area contributed by atoms with Gasteiger partial charge in [0.2, 0.25) is 5.91 Å². The summed E-state index contributed by atoms with van der Waals surface area (Å²) in [6.45, 7) is 6.96. The molecule has 0 radical (unpaired) electrons. The van der Waals surface area contributed by atoms with Crippen LogP contribution in [-0.2, 0) is 15.0 Å². The molecule has 1 saturated carbocycles. The van der Waals surface area contributed by atoms with Gasteiger partial charge in [0, 0.05) is 18.3 Å². The second kappa shape index (κ2) is 10.4. The first-order chi connectivity index (χ1) is 18.0. The lowest BCUT2D eigenvalue weighted by Crippen LogP contribution is -2.46. The number of carbonyl (C=O) groups excluding carboxylic acids is 2. The molecule has 1 fully saturated rings. The van der Waals surface area contributed by atoms with Crippen molar-refractivity contribution in [3.63, 3.8) is 0 Å². The molecule has 1 aromatic rings. The van der Waals surface area contributed by atoms with E-state index in [0.29, 0.717) is 24.8 Å². The summed E-state index contributed by atoms with van der Waals surface area (Å²) in [5, 5.41) is 3.03. The molecule has 0 saturated heterocycles. The van der Waals surface area contributed by atoms with Gasteiger partial charge in [0.1, 0.15) is 17.2 Å².